The summed E-state index contributed by atoms with van der Waals surface area (Å²) in [7, 11) is 1.65. The van der Waals surface area contributed by atoms with Crippen LogP contribution in [0.3, 0.4) is 0 Å². The molecule has 0 atom stereocenters. The highest BCUT2D eigenvalue weighted by Crippen LogP contribution is 2.34. The van der Waals surface area contributed by atoms with Gasteiger partial charge in [0.15, 0.2) is 5.13 Å². The first-order chi connectivity index (χ1) is 15.0. The van der Waals surface area contributed by atoms with Crippen LogP contribution in [-0.4, -0.2) is 23.0 Å². The van der Waals surface area contributed by atoms with E-state index in [0.717, 1.165) is 38.2 Å². The van der Waals surface area contributed by atoms with Crippen molar-refractivity contribution < 1.29 is 9.53 Å². The van der Waals surface area contributed by atoms with Crippen LogP contribution in [0.1, 0.15) is 27.8 Å². The van der Waals surface area contributed by atoms with Crippen LogP contribution in [0.2, 0.25) is 0 Å². The highest BCUT2D eigenvalue weighted by atomic mass is 32.1. The maximum absolute atomic E-state index is 13.5. The van der Waals surface area contributed by atoms with E-state index in [-0.39, 0.29) is 5.91 Å². The third-order valence-electron chi connectivity index (χ3n) is 5.34. The van der Waals surface area contributed by atoms with E-state index in [1.54, 1.807) is 35.7 Å². The molecule has 6 heteroatoms. The van der Waals surface area contributed by atoms with Crippen LogP contribution in [0.15, 0.2) is 54.9 Å². The number of anilines is 1. The molecule has 4 rings (SSSR count). The molecule has 0 aliphatic rings. The molecule has 0 saturated carbocycles. The van der Waals surface area contributed by atoms with Crippen molar-refractivity contribution in [2.24, 2.45) is 0 Å². The zero-order valence-electron chi connectivity index (χ0n) is 18.2. The second-order valence-corrected chi connectivity index (χ2v) is 8.67. The van der Waals surface area contributed by atoms with Crippen molar-refractivity contribution in [3.63, 3.8) is 0 Å². The lowest BCUT2D eigenvalue weighted by molar-refractivity contribution is -0.118. The first-order valence-corrected chi connectivity index (χ1v) is 11.0. The summed E-state index contributed by atoms with van der Waals surface area (Å²) in [6.45, 7) is 6.55. The Kier molecular flexibility index (Phi) is 6.00. The lowest BCUT2D eigenvalue weighted by atomic mass is 10.1. The van der Waals surface area contributed by atoms with Crippen LogP contribution in [0.25, 0.3) is 10.2 Å². The molecular formula is C25H25N3O2S. The van der Waals surface area contributed by atoms with Gasteiger partial charge in [0.2, 0.25) is 5.91 Å². The number of carbonyl (C=O) groups excluding carboxylic acids is 1. The highest BCUT2D eigenvalue weighted by Gasteiger charge is 2.22. The molecule has 2 aromatic carbocycles. The molecule has 0 saturated heterocycles. The number of nitrogens with zero attached hydrogens (tertiary/aromatic N) is 3. The minimum absolute atomic E-state index is 0.00258. The molecular weight excluding hydrogens is 406 g/mol. The predicted molar refractivity (Wildman–Crippen MR) is 126 cm³/mol. The Morgan fingerprint density at radius 3 is 2.52 bits per heavy atom. The van der Waals surface area contributed by atoms with E-state index >= 15 is 0 Å². The first-order valence-electron chi connectivity index (χ1n) is 10.2. The third-order valence-corrected chi connectivity index (χ3v) is 6.55. The number of thiazole rings is 1. The summed E-state index contributed by atoms with van der Waals surface area (Å²) < 4.78 is 6.47. The average molecular weight is 432 g/mol. The predicted octanol–water partition coefficient (Wildman–Crippen LogP) is 5.40. The van der Waals surface area contributed by atoms with E-state index in [1.165, 1.54) is 5.56 Å². The van der Waals surface area contributed by atoms with Gasteiger partial charge >= 0.3 is 0 Å². The van der Waals surface area contributed by atoms with Gasteiger partial charge in [-0.2, -0.15) is 0 Å². The molecule has 1 amide bonds. The number of amides is 1. The van der Waals surface area contributed by atoms with E-state index in [4.69, 9.17) is 9.72 Å². The van der Waals surface area contributed by atoms with Gasteiger partial charge in [0.05, 0.1) is 30.3 Å². The Morgan fingerprint density at radius 1 is 1.03 bits per heavy atom. The number of benzene rings is 2. The summed E-state index contributed by atoms with van der Waals surface area (Å²) in [5, 5.41) is 0.714. The van der Waals surface area contributed by atoms with E-state index < -0.39 is 0 Å². The molecule has 0 radical (unpaired) electrons. The summed E-state index contributed by atoms with van der Waals surface area (Å²) in [5.41, 5.74) is 6.18. The molecule has 2 heterocycles. The van der Waals surface area contributed by atoms with Gasteiger partial charge in [-0.05, 0) is 60.7 Å². The lowest BCUT2D eigenvalue weighted by Crippen LogP contribution is -2.31. The summed E-state index contributed by atoms with van der Waals surface area (Å²) in [6, 6.07) is 13.9. The number of pyridine rings is 1. The van der Waals surface area contributed by atoms with Crippen LogP contribution >= 0.6 is 11.3 Å². The quantitative estimate of drug-likeness (QED) is 0.410. The third kappa shape index (κ3) is 4.44. The minimum atomic E-state index is 0.00258. The second kappa shape index (κ2) is 8.86. The van der Waals surface area contributed by atoms with Gasteiger partial charge in [-0.25, -0.2) is 4.98 Å². The Labute approximate surface area is 186 Å². The molecule has 0 bridgehead atoms. The van der Waals surface area contributed by atoms with E-state index in [0.29, 0.717) is 18.1 Å². The molecule has 4 aromatic rings. The van der Waals surface area contributed by atoms with Crippen molar-refractivity contribution in [3.05, 3.63) is 82.7 Å². The number of fused-ring (bicyclic) bond motifs is 1. The van der Waals surface area contributed by atoms with Crippen molar-refractivity contribution in [2.45, 2.75) is 33.7 Å². The number of hydrogen-bond acceptors (Lipinski definition) is 5. The molecule has 2 aromatic heterocycles. The van der Waals surface area contributed by atoms with Gasteiger partial charge < -0.3 is 4.74 Å². The van der Waals surface area contributed by atoms with Gasteiger partial charge in [0, 0.05) is 12.4 Å². The van der Waals surface area contributed by atoms with Crippen molar-refractivity contribution in [3.8, 4) is 5.75 Å². The van der Waals surface area contributed by atoms with Crippen molar-refractivity contribution in [2.75, 3.05) is 12.0 Å². The molecule has 0 unspecified atom stereocenters. The molecule has 31 heavy (non-hydrogen) atoms. The van der Waals surface area contributed by atoms with Crippen LogP contribution in [0.5, 0.6) is 5.75 Å². The molecule has 158 valence electrons. The van der Waals surface area contributed by atoms with Gasteiger partial charge in [-0.15, -0.1) is 0 Å². The Balaban J connectivity index is 1.70. The molecule has 0 N–H and O–H groups in total. The van der Waals surface area contributed by atoms with Gasteiger partial charge in [0.1, 0.15) is 5.75 Å². The molecule has 0 aliphatic heterocycles. The number of aryl methyl sites for hydroxylation is 3. The Hall–Kier alpha value is -3.25. The second-order valence-electron chi connectivity index (χ2n) is 7.70. The minimum Gasteiger partial charge on any atom is -0.496 e. The Bertz CT molecular complexity index is 1200. The number of methoxy groups -OCH3 is 1. The highest BCUT2D eigenvalue weighted by molar-refractivity contribution is 7.22. The average Bonchev–Trinajstić information content (AvgIpc) is 3.22. The number of aromatic nitrogens is 2. The smallest absolute Gasteiger partial charge is 0.233 e. The summed E-state index contributed by atoms with van der Waals surface area (Å²) in [4.78, 5) is 24.3. The Morgan fingerprint density at radius 2 is 1.84 bits per heavy atom. The van der Waals surface area contributed by atoms with E-state index in [2.05, 4.69) is 31.0 Å². The monoisotopic (exact) mass is 431 g/mol. The fourth-order valence-corrected chi connectivity index (χ4v) is 4.75. The zero-order chi connectivity index (χ0) is 22.0. The molecule has 0 aliphatic carbocycles. The standard InChI is InChI=1S/C25H25N3O2S/c1-16-7-8-17(2)24-23(16)27-25(31-24)28(15-20-6-5-11-26-14-20)22(29)13-19-9-10-21(30-4)18(3)12-19/h5-12,14H,13,15H2,1-4H3. The van der Waals surface area contributed by atoms with Crippen LogP contribution in [0, 0.1) is 20.8 Å². The van der Waals surface area contributed by atoms with Gasteiger partial charge in [0.25, 0.3) is 0 Å². The van der Waals surface area contributed by atoms with Crippen molar-refractivity contribution in [1.29, 1.82) is 0 Å². The van der Waals surface area contributed by atoms with Crippen molar-refractivity contribution in [1.82, 2.24) is 9.97 Å². The number of carbonyl (C=O) groups is 1. The zero-order valence-corrected chi connectivity index (χ0v) is 19.0. The largest absolute Gasteiger partial charge is 0.496 e. The van der Waals surface area contributed by atoms with E-state index in [9.17, 15) is 4.79 Å². The molecule has 0 fully saturated rings. The maximum Gasteiger partial charge on any atom is 0.233 e. The fraction of sp³-hybridized carbons (Fsp3) is 0.240. The number of rotatable bonds is 6. The van der Waals surface area contributed by atoms with E-state index in [1.807, 2.05) is 37.3 Å². The molecule has 0 spiro atoms. The van der Waals surface area contributed by atoms with Crippen molar-refractivity contribution >= 4 is 32.6 Å². The first kappa shape index (κ1) is 21.0. The summed E-state index contributed by atoms with van der Waals surface area (Å²) in [6.07, 6.45) is 3.82. The normalized spacial score (nSPS) is 11.0. The number of hydrogen-bond donors (Lipinski definition) is 0. The number of ether oxygens (including phenoxy) is 1. The van der Waals surface area contributed by atoms with Gasteiger partial charge in [-0.1, -0.05) is 41.7 Å². The van der Waals surface area contributed by atoms with Gasteiger partial charge in [-0.3, -0.25) is 14.7 Å². The van der Waals surface area contributed by atoms with Crippen LogP contribution in [-0.2, 0) is 17.8 Å². The summed E-state index contributed by atoms with van der Waals surface area (Å²) in [5.74, 6) is 0.823. The maximum atomic E-state index is 13.5. The lowest BCUT2D eigenvalue weighted by Gasteiger charge is -2.20. The molecule has 5 nitrogen and oxygen atoms in total. The topological polar surface area (TPSA) is 55.3 Å². The SMILES string of the molecule is COc1ccc(CC(=O)N(Cc2cccnc2)c2nc3c(C)ccc(C)c3s2)cc1C. The van der Waals surface area contributed by atoms with Crippen LogP contribution in [0.4, 0.5) is 5.13 Å². The summed E-state index contributed by atoms with van der Waals surface area (Å²) >= 11 is 1.57. The fourth-order valence-electron chi connectivity index (χ4n) is 3.62. The van der Waals surface area contributed by atoms with Crippen LogP contribution < -0.4 is 9.64 Å².